The van der Waals surface area contributed by atoms with E-state index in [9.17, 15) is 13.0 Å². The highest BCUT2D eigenvalue weighted by Crippen LogP contribution is 2.12. The van der Waals surface area contributed by atoms with Crippen LogP contribution < -0.4 is 0 Å². The maximum atomic E-state index is 10.2. The van der Waals surface area contributed by atoms with E-state index in [2.05, 4.69) is 0 Å². The fraction of sp³-hybridized carbons (Fsp3) is 0.600. The molecule has 0 rings (SSSR count). The summed E-state index contributed by atoms with van der Waals surface area (Å²) in [5, 5.41) is 0. The van der Waals surface area contributed by atoms with Crippen LogP contribution >= 0.6 is 0 Å². The van der Waals surface area contributed by atoms with E-state index in [0.29, 0.717) is 0 Å². The summed E-state index contributed by atoms with van der Waals surface area (Å²) in [6.45, 7) is 2.38. The number of hydrogen-bond acceptors (Lipinski definition) is 2. The van der Waals surface area contributed by atoms with Crippen molar-refractivity contribution in [1.82, 2.24) is 0 Å². The molecule has 0 aliphatic heterocycles. The van der Waals surface area contributed by atoms with Crippen LogP contribution in [0.15, 0.2) is 0 Å². The summed E-state index contributed by atoms with van der Waals surface area (Å²) in [7, 11) is -4.34. The van der Waals surface area contributed by atoms with Crippen molar-refractivity contribution in [3.8, 4) is 12.3 Å². The van der Waals surface area contributed by atoms with Gasteiger partial charge in [0.1, 0.15) is 0 Å². The highest BCUT2D eigenvalue weighted by Gasteiger charge is 2.31. The van der Waals surface area contributed by atoms with E-state index < -0.39 is 14.9 Å². The summed E-state index contributed by atoms with van der Waals surface area (Å²) >= 11 is 0. The lowest BCUT2D eigenvalue weighted by Gasteiger charge is -2.09. The minimum Gasteiger partial charge on any atom is -0.195 e. The summed E-state index contributed by atoms with van der Waals surface area (Å²) < 4.78 is 29.0. The van der Waals surface area contributed by atoms with E-state index in [1.807, 2.05) is 5.92 Å². The molecule has 0 aromatic heterocycles. The Balaban J connectivity index is 4.85. The lowest BCUT2D eigenvalue weighted by molar-refractivity contribution is 0.397. The van der Waals surface area contributed by atoms with Gasteiger partial charge < -0.3 is 0 Å². The van der Waals surface area contributed by atoms with Crippen LogP contribution in [0.3, 0.4) is 0 Å². The SMILES string of the molecule is C#CC(C)(C)S([O])(=O)=O. The van der Waals surface area contributed by atoms with Crippen molar-refractivity contribution in [1.29, 1.82) is 0 Å². The third-order valence-electron chi connectivity index (χ3n) is 0.973. The van der Waals surface area contributed by atoms with Gasteiger partial charge in [0, 0.05) is 0 Å². The summed E-state index contributed by atoms with van der Waals surface area (Å²) in [5.74, 6) is 1.88. The maximum Gasteiger partial charge on any atom is 0.311 e. The van der Waals surface area contributed by atoms with Crippen molar-refractivity contribution in [2.45, 2.75) is 18.6 Å². The first kappa shape index (κ1) is 8.47. The zero-order valence-electron chi connectivity index (χ0n) is 5.21. The smallest absolute Gasteiger partial charge is 0.195 e. The van der Waals surface area contributed by atoms with Crippen LogP contribution in [-0.2, 0) is 14.7 Å². The van der Waals surface area contributed by atoms with Crippen molar-refractivity contribution in [2.75, 3.05) is 0 Å². The van der Waals surface area contributed by atoms with Gasteiger partial charge in [-0.25, -0.2) is 0 Å². The number of rotatable bonds is 1. The fourth-order valence-corrected chi connectivity index (χ4v) is 0.217. The molecule has 0 aromatic carbocycles. The minimum absolute atomic E-state index is 1.19. The van der Waals surface area contributed by atoms with Gasteiger partial charge in [0.15, 0.2) is 4.75 Å². The molecular weight excluding hydrogens is 140 g/mol. The number of hydrogen-bond donors (Lipinski definition) is 0. The van der Waals surface area contributed by atoms with Crippen molar-refractivity contribution in [3.05, 3.63) is 0 Å². The summed E-state index contributed by atoms with van der Waals surface area (Å²) in [5.41, 5.74) is 0. The molecule has 0 fully saturated rings. The van der Waals surface area contributed by atoms with E-state index in [1.54, 1.807) is 0 Å². The molecule has 0 N–H and O–H groups in total. The molecule has 0 bridgehead atoms. The molecule has 9 heavy (non-hydrogen) atoms. The van der Waals surface area contributed by atoms with E-state index in [-0.39, 0.29) is 0 Å². The molecule has 0 aliphatic carbocycles. The van der Waals surface area contributed by atoms with E-state index in [0.717, 1.165) is 0 Å². The molecule has 0 saturated heterocycles. The van der Waals surface area contributed by atoms with Gasteiger partial charge in [0.05, 0.1) is 0 Å². The molecule has 3 nitrogen and oxygen atoms in total. The van der Waals surface area contributed by atoms with Crippen LogP contribution in [0.1, 0.15) is 13.8 Å². The van der Waals surface area contributed by atoms with Crippen molar-refractivity contribution >= 4 is 10.1 Å². The zero-order chi connectivity index (χ0) is 7.71. The Morgan fingerprint density at radius 2 is 1.78 bits per heavy atom. The van der Waals surface area contributed by atoms with Gasteiger partial charge in [-0.05, 0) is 13.8 Å². The van der Waals surface area contributed by atoms with Crippen molar-refractivity contribution in [2.24, 2.45) is 0 Å². The quantitative estimate of drug-likeness (QED) is 0.496. The second-order valence-electron chi connectivity index (χ2n) is 2.11. The Morgan fingerprint density at radius 1 is 1.44 bits per heavy atom. The molecule has 51 valence electrons. The average Bonchev–Trinajstić information content (AvgIpc) is 1.64. The van der Waals surface area contributed by atoms with Gasteiger partial charge in [-0.2, -0.15) is 8.42 Å². The van der Waals surface area contributed by atoms with Crippen LogP contribution in [0.25, 0.3) is 0 Å². The van der Waals surface area contributed by atoms with Gasteiger partial charge in [-0.3, -0.25) is 0 Å². The maximum absolute atomic E-state index is 10.2. The number of terminal acetylenes is 1. The van der Waals surface area contributed by atoms with Gasteiger partial charge in [-0.15, -0.1) is 6.42 Å². The molecule has 1 radical (unpaired) electrons. The first-order valence-electron chi connectivity index (χ1n) is 2.24. The largest absolute Gasteiger partial charge is 0.311 e. The molecule has 0 saturated carbocycles. The first-order chi connectivity index (χ1) is 3.81. The molecule has 0 aliphatic rings. The van der Waals surface area contributed by atoms with Gasteiger partial charge in [0.2, 0.25) is 0 Å². The van der Waals surface area contributed by atoms with Crippen LogP contribution in [0.5, 0.6) is 0 Å². The zero-order valence-corrected chi connectivity index (χ0v) is 6.03. The molecule has 0 heterocycles. The molecule has 0 spiro atoms. The van der Waals surface area contributed by atoms with Gasteiger partial charge in [-0.1, -0.05) is 10.5 Å². The van der Waals surface area contributed by atoms with Crippen LogP contribution in [-0.4, -0.2) is 13.2 Å². The molecular formula is C5H7O3S. The van der Waals surface area contributed by atoms with Crippen LogP contribution in [0.2, 0.25) is 0 Å². The Morgan fingerprint density at radius 3 is 1.78 bits per heavy atom. The second-order valence-corrected chi connectivity index (χ2v) is 4.04. The lowest BCUT2D eigenvalue weighted by atomic mass is 10.2. The predicted molar refractivity (Wildman–Crippen MR) is 32.5 cm³/mol. The normalized spacial score (nSPS) is 12.7. The summed E-state index contributed by atoms with van der Waals surface area (Å²) in [4.78, 5) is 0. The molecule has 4 heteroatoms. The van der Waals surface area contributed by atoms with Gasteiger partial charge >= 0.3 is 10.1 Å². The van der Waals surface area contributed by atoms with Crippen molar-refractivity contribution in [3.63, 3.8) is 0 Å². The van der Waals surface area contributed by atoms with Crippen molar-refractivity contribution < 1.29 is 13.0 Å². The Labute approximate surface area is 54.8 Å². The highest BCUT2D eigenvalue weighted by molar-refractivity contribution is 7.87. The predicted octanol–water partition coefficient (Wildman–Crippen LogP) is 0.159. The monoisotopic (exact) mass is 147 g/mol. The van der Waals surface area contributed by atoms with Gasteiger partial charge in [0.25, 0.3) is 0 Å². The fourth-order valence-electron chi connectivity index (χ4n) is 0.0722. The molecule has 0 aromatic rings. The Hall–Kier alpha value is -0.530. The molecule has 0 atom stereocenters. The third-order valence-corrected chi connectivity index (χ3v) is 2.34. The summed E-state index contributed by atoms with van der Waals surface area (Å²) in [6, 6.07) is 0. The highest BCUT2D eigenvalue weighted by atomic mass is 32.2. The minimum atomic E-state index is -4.34. The van der Waals surface area contributed by atoms with Crippen LogP contribution in [0, 0.1) is 12.3 Å². The molecule has 0 amide bonds. The Kier molecular flexibility index (Phi) is 1.89. The second kappa shape index (κ2) is 2.01. The molecule has 0 unspecified atom stereocenters. The first-order valence-corrected chi connectivity index (χ1v) is 3.65. The topological polar surface area (TPSA) is 54.0 Å². The third kappa shape index (κ3) is 1.70. The Bertz CT molecular complexity index is 229. The standard InChI is InChI=1S/C5H7O3S/c1-4-5(2,3)9(6,7)8/h1H,2-3H3. The average molecular weight is 147 g/mol. The lowest BCUT2D eigenvalue weighted by Crippen LogP contribution is -2.27. The van der Waals surface area contributed by atoms with E-state index in [4.69, 9.17) is 6.42 Å². The van der Waals surface area contributed by atoms with E-state index in [1.165, 1.54) is 13.8 Å². The van der Waals surface area contributed by atoms with Crippen LogP contribution in [0.4, 0.5) is 0 Å². The van der Waals surface area contributed by atoms with E-state index >= 15 is 0 Å². The summed E-state index contributed by atoms with van der Waals surface area (Å²) in [6.07, 6.45) is 4.76.